The summed E-state index contributed by atoms with van der Waals surface area (Å²) in [6.45, 7) is 2.29. The molecule has 1 aliphatic heterocycles. The first kappa shape index (κ1) is 12.4. The van der Waals surface area contributed by atoms with Gasteiger partial charge >= 0.3 is 0 Å². The summed E-state index contributed by atoms with van der Waals surface area (Å²) in [5.41, 5.74) is 1.77. The average Bonchev–Trinajstić information content (AvgIpc) is 2.34. The largest absolute Gasteiger partial charge is 0.381 e. The van der Waals surface area contributed by atoms with Crippen LogP contribution in [-0.2, 0) is 0 Å². The zero-order valence-electron chi connectivity index (χ0n) is 9.91. The van der Waals surface area contributed by atoms with Crippen molar-refractivity contribution in [2.24, 2.45) is 0 Å². The van der Waals surface area contributed by atoms with Crippen molar-refractivity contribution in [3.05, 3.63) is 28.2 Å². The van der Waals surface area contributed by atoms with Gasteiger partial charge in [0, 0.05) is 16.2 Å². The molecule has 90 valence electrons. The second-order valence-corrected chi connectivity index (χ2v) is 5.38. The molecule has 0 saturated carbocycles. The molecule has 1 aliphatic rings. The van der Waals surface area contributed by atoms with Crippen LogP contribution >= 0.6 is 15.9 Å². The van der Waals surface area contributed by atoms with Crippen LogP contribution < -0.4 is 5.32 Å². The smallest absolute Gasteiger partial charge is 0.0992 e. The molecule has 0 amide bonds. The minimum absolute atomic E-state index is 0.537. The summed E-state index contributed by atoms with van der Waals surface area (Å²) in [5.74, 6) is 0. The molecular weight excluding hydrogens is 278 g/mol. The standard InChI is InChI=1S/C13H16BrN3/c1-17-6-4-11(5-7-17)16-13-3-2-10(9-15)8-12(13)14/h2-3,8,11,16H,4-7H2,1H3. The molecule has 2 rings (SSSR count). The Balaban J connectivity index is 2.02. The fourth-order valence-corrected chi connectivity index (χ4v) is 2.57. The van der Waals surface area contributed by atoms with Gasteiger partial charge in [0.15, 0.2) is 0 Å². The highest BCUT2D eigenvalue weighted by Gasteiger charge is 2.16. The summed E-state index contributed by atoms with van der Waals surface area (Å²) in [6, 6.07) is 8.36. The summed E-state index contributed by atoms with van der Waals surface area (Å²) < 4.78 is 0.968. The molecule has 17 heavy (non-hydrogen) atoms. The predicted octanol–water partition coefficient (Wildman–Crippen LogP) is 2.83. The molecule has 1 saturated heterocycles. The van der Waals surface area contributed by atoms with E-state index in [1.54, 1.807) is 0 Å². The lowest BCUT2D eigenvalue weighted by Crippen LogP contribution is -2.36. The van der Waals surface area contributed by atoms with Gasteiger partial charge < -0.3 is 10.2 Å². The summed E-state index contributed by atoms with van der Waals surface area (Å²) >= 11 is 3.50. The lowest BCUT2D eigenvalue weighted by atomic mass is 10.1. The SMILES string of the molecule is CN1CCC(Nc2ccc(C#N)cc2Br)CC1. The van der Waals surface area contributed by atoms with Gasteiger partial charge in [-0.05, 0) is 67.1 Å². The van der Waals surface area contributed by atoms with E-state index in [0.717, 1.165) is 23.2 Å². The normalized spacial score (nSPS) is 17.7. The Morgan fingerprint density at radius 2 is 2.12 bits per heavy atom. The number of nitriles is 1. The van der Waals surface area contributed by atoms with E-state index in [4.69, 9.17) is 5.26 Å². The van der Waals surface area contributed by atoms with Crippen molar-refractivity contribution in [1.82, 2.24) is 4.90 Å². The number of nitrogens with zero attached hydrogens (tertiary/aromatic N) is 2. The van der Waals surface area contributed by atoms with Crippen LogP contribution in [0.25, 0.3) is 0 Å². The highest BCUT2D eigenvalue weighted by Crippen LogP contribution is 2.25. The summed E-state index contributed by atoms with van der Waals surface area (Å²) in [6.07, 6.45) is 2.34. The molecule has 3 nitrogen and oxygen atoms in total. The highest BCUT2D eigenvalue weighted by molar-refractivity contribution is 9.10. The second kappa shape index (κ2) is 5.52. The molecule has 0 aromatic heterocycles. The second-order valence-electron chi connectivity index (χ2n) is 4.53. The maximum atomic E-state index is 8.81. The van der Waals surface area contributed by atoms with Gasteiger partial charge in [0.1, 0.15) is 0 Å². The van der Waals surface area contributed by atoms with E-state index < -0.39 is 0 Å². The maximum Gasteiger partial charge on any atom is 0.0992 e. The lowest BCUT2D eigenvalue weighted by Gasteiger charge is -2.30. The summed E-state index contributed by atoms with van der Waals surface area (Å²) in [4.78, 5) is 2.35. The lowest BCUT2D eigenvalue weighted by molar-refractivity contribution is 0.264. The Hall–Kier alpha value is -1.05. The summed E-state index contributed by atoms with van der Waals surface area (Å²) in [5, 5.41) is 12.3. The number of likely N-dealkylation sites (tertiary alicyclic amines) is 1. The van der Waals surface area contributed by atoms with Crippen molar-refractivity contribution in [2.45, 2.75) is 18.9 Å². The van der Waals surface area contributed by atoms with E-state index in [2.05, 4.69) is 39.3 Å². The fraction of sp³-hybridized carbons (Fsp3) is 0.462. The number of rotatable bonds is 2. The van der Waals surface area contributed by atoms with Gasteiger partial charge in [-0.25, -0.2) is 0 Å². The van der Waals surface area contributed by atoms with Gasteiger partial charge in [-0.2, -0.15) is 5.26 Å². The Labute approximate surface area is 111 Å². The van der Waals surface area contributed by atoms with Crippen molar-refractivity contribution in [1.29, 1.82) is 5.26 Å². The van der Waals surface area contributed by atoms with E-state index in [1.807, 2.05) is 18.2 Å². The zero-order chi connectivity index (χ0) is 12.3. The van der Waals surface area contributed by atoms with Gasteiger partial charge in [-0.3, -0.25) is 0 Å². The van der Waals surface area contributed by atoms with Crippen molar-refractivity contribution in [3.63, 3.8) is 0 Å². The molecule has 1 heterocycles. The molecule has 4 heteroatoms. The molecule has 0 bridgehead atoms. The molecular formula is C13H16BrN3. The Bertz CT molecular complexity index is 431. The molecule has 0 unspecified atom stereocenters. The zero-order valence-corrected chi connectivity index (χ0v) is 11.5. The molecule has 0 spiro atoms. The van der Waals surface area contributed by atoms with Crippen LogP contribution in [0, 0.1) is 11.3 Å². The minimum atomic E-state index is 0.537. The number of benzene rings is 1. The van der Waals surface area contributed by atoms with Gasteiger partial charge in [0.05, 0.1) is 11.6 Å². The van der Waals surface area contributed by atoms with Gasteiger partial charge in [0.25, 0.3) is 0 Å². The quantitative estimate of drug-likeness (QED) is 0.911. The van der Waals surface area contributed by atoms with Crippen LogP contribution in [0.5, 0.6) is 0 Å². The Morgan fingerprint density at radius 1 is 1.41 bits per heavy atom. The van der Waals surface area contributed by atoms with Crippen molar-refractivity contribution in [2.75, 3.05) is 25.5 Å². The van der Waals surface area contributed by atoms with E-state index in [-0.39, 0.29) is 0 Å². The Morgan fingerprint density at radius 3 is 2.71 bits per heavy atom. The van der Waals surface area contributed by atoms with Crippen molar-refractivity contribution >= 4 is 21.6 Å². The monoisotopic (exact) mass is 293 g/mol. The van der Waals surface area contributed by atoms with E-state index in [9.17, 15) is 0 Å². The van der Waals surface area contributed by atoms with E-state index in [1.165, 1.54) is 12.8 Å². The molecule has 1 N–H and O–H groups in total. The fourth-order valence-electron chi connectivity index (χ4n) is 2.07. The predicted molar refractivity (Wildman–Crippen MR) is 73.0 cm³/mol. The molecule has 1 aromatic rings. The van der Waals surface area contributed by atoms with Crippen LogP contribution in [-0.4, -0.2) is 31.1 Å². The van der Waals surface area contributed by atoms with Crippen LogP contribution in [0.4, 0.5) is 5.69 Å². The van der Waals surface area contributed by atoms with E-state index in [0.29, 0.717) is 11.6 Å². The third kappa shape index (κ3) is 3.21. The van der Waals surface area contributed by atoms with Crippen LogP contribution in [0.2, 0.25) is 0 Å². The molecule has 0 atom stereocenters. The molecule has 0 radical (unpaired) electrons. The first-order valence-electron chi connectivity index (χ1n) is 5.84. The first-order valence-corrected chi connectivity index (χ1v) is 6.63. The van der Waals surface area contributed by atoms with Gasteiger partial charge in [-0.15, -0.1) is 0 Å². The topological polar surface area (TPSA) is 39.1 Å². The highest BCUT2D eigenvalue weighted by atomic mass is 79.9. The number of hydrogen-bond acceptors (Lipinski definition) is 3. The minimum Gasteiger partial charge on any atom is -0.381 e. The third-order valence-electron chi connectivity index (χ3n) is 3.18. The maximum absolute atomic E-state index is 8.81. The summed E-state index contributed by atoms with van der Waals surface area (Å²) in [7, 11) is 2.16. The van der Waals surface area contributed by atoms with Gasteiger partial charge in [0.2, 0.25) is 0 Å². The van der Waals surface area contributed by atoms with Crippen LogP contribution in [0.15, 0.2) is 22.7 Å². The van der Waals surface area contributed by atoms with Crippen LogP contribution in [0.1, 0.15) is 18.4 Å². The van der Waals surface area contributed by atoms with Crippen molar-refractivity contribution in [3.8, 4) is 6.07 Å². The van der Waals surface area contributed by atoms with Gasteiger partial charge in [-0.1, -0.05) is 0 Å². The van der Waals surface area contributed by atoms with Crippen molar-refractivity contribution < 1.29 is 0 Å². The number of piperidine rings is 1. The Kier molecular flexibility index (Phi) is 4.03. The molecule has 0 aliphatic carbocycles. The third-order valence-corrected chi connectivity index (χ3v) is 3.83. The number of anilines is 1. The number of hydrogen-bond donors (Lipinski definition) is 1. The average molecular weight is 294 g/mol. The molecule has 1 fully saturated rings. The van der Waals surface area contributed by atoms with E-state index >= 15 is 0 Å². The number of nitrogens with one attached hydrogen (secondary N) is 1. The first-order chi connectivity index (χ1) is 8.19. The van der Waals surface area contributed by atoms with Crippen LogP contribution in [0.3, 0.4) is 0 Å². The number of halogens is 1. The molecule has 1 aromatic carbocycles.